The highest BCUT2D eigenvalue weighted by molar-refractivity contribution is 7.94. The summed E-state index contributed by atoms with van der Waals surface area (Å²) in [4.78, 5) is 30.7. The predicted molar refractivity (Wildman–Crippen MR) is 284 cm³/mol. The van der Waals surface area contributed by atoms with E-state index in [0.717, 1.165) is 44.9 Å². The molecule has 0 bridgehead atoms. The van der Waals surface area contributed by atoms with Gasteiger partial charge in [-0.05, 0) is 141 Å². The number of piperidine rings is 2. The van der Waals surface area contributed by atoms with E-state index in [1.807, 2.05) is 0 Å². The van der Waals surface area contributed by atoms with Crippen LogP contribution in [0.2, 0.25) is 0 Å². The number of hydrogen-bond acceptors (Lipinski definition) is 10. The predicted octanol–water partition coefficient (Wildman–Crippen LogP) is 11.1. The molecule has 81 heavy (non-hydrogen) atoms. The van der Waals surface area contributed by atoms with Gasteiger partial charge >= 0.3 is 24.2 Å². The van der Waals surface area contributed by atoms with E-state index in [9.17, 15) is 75.5 Å². The summed E-state index contributed by atoms with van der Waals surface area (Å²) in [6.07, 6.45) is -7.36. The zero-order chi connectivity index (χ0) is 57.9. The fourth-order valence-electron chi connectivity index (χ4n) is 10.8. The average molecular weight is 1210 g/mol. The quantitative estimate of drug-likeness (QED) is 0.0497. The number of hydrogen-bond donors (Lipinski definition) is 3. The summed E-state index contributed by atoms with van der Waals surface area (Å²) in [5.41, 5.74) is 4.66. The zero-order valence-corrected chi connectivity index (χ0v) is 46.5. The highest BCUT2D eigenvalue weighted by atomic mass is 35.5. The number of halogens is 11. The highest BCUT2D eigenvalue weighted by Gasteiger charge is 2.58. The SMILES string of the molecule is Cl.O=C(NCC1CCCCO1)C1(S(=O)(=O)c2ccc(-c3ccc(CCC(F)(F)C(F)(F)F)cc3)cc2)CCN(C2CC2)CC1.O=C(NO)C1(S(=O)(=O)c2ccc(-c3ccc(CCC(F)(F)C(F)(F)F)cc3)cc2)CCN(C2CC2)CC1. The van der Waals surface area contributed by atoms with E-state index < -0.39 is 90.9 Å². The number of nitrogens with one attached hydrogen (secondary N) is 2. The molecule has 9 rings (SSSR count). The Bertz CT molecular complexity index is 3000. The zero-order valence-electron chi connectivity index (χ0n) is 44.0. The number of nitrogens with zero attached hydrogens (tertiary/aromatic N) is 2. The molecule has 3 aliphatic heterocycles. The van der Waals surface area contributed by atoms with Crippen molar-refractivity contribution in [3.8, 4) is 22.3 Å². The third kappa shape index (κ3) is 14.2. The molecule has 2 saturated carbocycles. The van der Waals surface area contributed by atoms with E-state index in [2.05, 4.69) is 15.1 Å². The number of hydroxylamine groups is 1. The molecule has 2 amide bonds. The first-order chi connectivity index (χ1) is 37.6. The van der Waals surface area contributed by atoms with Gasteiger partial charge in [0.15, 0.2) is 29.2 Å². The van der Waals surface area contributed by atoms with Crippen molar-refractivity contribution in [3.05, 3.63) is 108 Å². The standard InChI is InChI=1S/C31H37F5N2O4S.C25H27F5N2O4S.ClH/c32-30(33,31(34,35)36)15-14-22-4-6-23(7-5-22)24-8-12-27(13-9-24)43(40,41)29(16-18-38(19-17-29)25-10-11-25)28(39)37-21-26-3-1-2-20-42-26;26-24(27,25(28,29)30)12-11-17-1-3-18(4-2-17)19-5-9-21(10-6-19)37(35,36)23(22(33)31-34)13-15-32(16-14-23)20-7-8-20;/h4-9,12-13,25-26H,1-3,10-11,14-21H2,(H,37,39);1-6,9-10,20,34H,7-8,11-16H2,(H,31,33);1H. The molecule has 12 nitrogen and oxygen atoms in total. The summed E-state index contributed by atoms with van der Waals surface area (Å²) in [7, 11) is -8.25. The van der Waals surface area contributed by atoms with E-state index >= 15 is 0 Å². The van der Waals surface area contributed by atoms with Gasteiger partial charge in [0.05, 0.1) is 15.9 Å². The molecule has 446 valence electrons. The molecule has 25 heteroatoms. The van der Waals surface area contributed by atoms with Crippen molar-refractivity contribution in [2.24, 2.45) is 0 Å². The summed E-state index contributed by atoms with van der Waals surface area (Å²) in [5.74, 6) is -11.0. The first kappa shape index (κ1) is 63.7. The maximum atomic E-state index is 14.2. The number of carbonyl (C=O) groups is 2. The number of likely N-dealkylation sites (tertiary alicyclic amines) is 2. The van der Waals surface area contributed by atoms with Gasteiger partial charge in [0.2, 0.25) is 5.91 Å². The number of benzene rings is 4. The average Bonchev–Trinajstić information content (AvgIpc) is 4.40. The molecular formula is C56H65ClF10N4O8S2. The van der Waals surface area contributed by atoms with Crippen molar-refractivity contribution in [1.82, 2.24) is 20.6 Å². The van der Waals surface area contributed by atoms with Gasteiger partial charge in [-0.1, -0.05) is 72.8 Å². The van der Waals surface area contributed by atoms with Crippen molar-refractivity contribution < 1.29 is 80.3 Å². The maximum absolute atomic E-state index is 14.2. The Hall–Kier alpha value is -4.85. The van der Waals surface area contributed by atoms with E-state index in [1.54, 1.807) is 36.4 Å². The number of amides is 2. The lowest BCUT2D eigenvalue weighted by Gasteiger charge is -2.40. The van der Waals surface area contributed by atoms with Gasteiger partial charge < -0.3 is 19.9 Å². The molecule has 0 spiro atoms. The number of aryl methyl sites for hydroxylation is 2. The minimum absolute atomic E-state index is 0. The van der Waals surface area contributed by atoms with Crippen LogP contribution in [0, 0.1) is 0 Å². The summed E-state index contributed by atoms with van der Waals surface area (Å²) in [6, 6.07) is 25.0. The van der Waals surface area contributed by atoms with E-state index in [0.29, 0.717) is 78.3 Å². The fraction of sp³-hybridized carbons (Fsp3) is 0.536. The molecule has 1 unspecified atom stereocenters. The van der Waals surface area contributed by atoms with Gasteiger partial charge in [-0.3, -0.25) is 14.8 Å². The van der Waals surface area contributed by atoms with Crippen molar-refractivity contribution in [2.75, 3.05) is 39.3 Å². The number of rotatable bonds is 18. The summed E-state index contributed by atoms with van der Waals surface area (Å²) in [6.45, 7) is 2.80. The Kier molecular flexibility index (Phi) is 19.8. The topological polar surface area (TPSA) is 162 Å². The Morgan fingerprint density at radius 2 is 0.877 bits per heavy atom. The molecule has 5 aliphatic rings. The minimum atomic E-state index is -5.60. The van der Waals surface area contributed by atoms with Gasteiger partial charge in [0.25, 0.3) is 5.91 Å². The van der Waals surface area contributed by atoms with Crippen LogP contribution in [-0.4, -0.2) is 135 Å². The molecule has 3 N–H and O–H groups in total. The minimum Gasteiger partial charge on any atom is -0.376 e. The van der Waals surface area contributed by atoms with Crippen LogP contribution < -0.4 is 10.8 Å². The monoisotopic (exact) mass is 1210 g/mol. The molecule has 1 atom stereocenters. The third-order valence-corrected chi connectivity index (χ3v) is 21.3. The summed E-state index contributed by atoms with van der Waals surface area (Å²) < 4.78 is 185. The van der Waals surface area contributed by atoms with Crippen LogP contribution in [0.25, 0.3) is 22.3 Å². The second-order valence-corrected chi connectivity index (χ2v) is 26.0. The van der Waals surface area contributed by atoms with Gasteiger partial charge in [-0.15, -0.1) is 12.4 Å². The second kappa shape index (κ2) is 25.2. The van der Waals surface area contributed by atoms with Crippen LogP contribution in [0.3, 0.4) is 0 Å². The molecule has 4 aromatic carbocycles. The molecular weight excluding hydrogens is 1150 g/mol. The van der Waals surface area contributed by atoms with Crippen molar-refractivity contribution in [3.63, 3.8) is 0 Å². The smallest absolute Gasteiger partial charge is 0.376 e. The lowest BCUT2D eigenvalue weighted by Crippen LogP contribution is -2.59. The maximum Gasteiger partial charge on any atom is 0.453 e. The van der Waals surface area contributed by atoms with Crippen LogP contribution in [0.1, 0.15) is 94.6 Å². The van der Waals surface area contributed by atoms with Crippen molar-refractivity contribution in [1.29, 1.82) is 0 Å². The fourth-order valence-corrected chi connectivity index (χ4v) is 14.7. The highest BCUT2D eigenvalue weighted by Crippen LogP contribution is 2.44. The van der Waals surface area contributed by atoms with Crippen LogP contribution in [-0.2, 0) is 46.8 Å². The number of ether oxygens (including phenoxy) is 1. The molecule has 2 aliphatic carbocycles. The van der Waals surface area contributed by atoms with Gasteiger partial charge in [0, 0.05) is 64.3 Å². The molecule has 5 fully saturated rings. The van der Waals surface area contributed by atoms with Gasteiger partial charge in [-0.25, -0.2) is 22.3 Å². The molecule has 3 heterocycles. The number of sulfone groups is 2. The van der Waals surface area contributed by atoms with E-state index in [1.165, 1.54) is 66.1 Å². The third-order valence-electron chi connectivity index (χ3n) is 16.2. The normalized spacial score (nSPS) is 20.3. The molecule has 0 radical (unpaired) electrons. The Morgan fingerprint density at radius 1 is 0.531 bits per heavy atom. The Labute approximate surface area is 470 Å². The van der Waals surface area contributed by atoms with E-state index in [4.69, 9.17) is 4.74 Å². The second-order valence-electron chi connectivity index (χ2n) is 21.5. The van der Waals surface area contributed by atoms with Crippen LogP contribution >= 0.6 is 12.4 Å². The van der Waals surface area contributed by atoms with Crippen LogP contribution in [0.4, 0.5) is 43.9 Å². The Balaban J connectivity index is 0.000000233. The number of alkyl halides is 10. The lowest BCUT2D eigenvalue weighted by atomic mass is 9.94. The lowest BCUT2D eigenvalue weighted by molar-refractivity contribution is -0.284. The largest absolute Gasteiger partial charge is 0.453 e. The van der Waals surface area contributed by atoms with Crippen LogP contribution in [0.15, 0.2) is 107 Å². The van der Waals surface area contributed by atoms with Crippen molar-refractivity contribution in [2.45, 2.75) is 158 Å². The van der Waals surface area contributed by atoms with Crippen molar-refractivity contribution >= 4 is 43.9 Å². The number of carbonyl (C=O) groups excluding carboxylic acids is 2. The summed E-state index contributed by atoms with van der Waals surface area (Å²) >= 11 is 0. The van der Waals surface area contributed by atoms with Gasteiger partial charge in [-0.2, -0.15) is 43.9 Å². The summed E-state index contributed by atoms with van der Waals surface area (Å²) in [5, 5.41) is 12.2. The van der Waals surface area contributed by atoms with Gasteiger partial charge in [0.1, 0.15) is 0 Å². The first-order valence-electron chi connectivity index (χ1n) is 26.7. The first-order valence-corrected chi connectivity index (χ1v) is 29.7. The van der Waals surface area contributed by atoms with Crippen LogP contribution in [0.5, 0.6) is 0 Å². The van der Waals surface area contributed by atoms with E-state index in [-0.39, 0.29) is 60.5 Å². The molecule has 0 aromatic heterocycles. The molecule has 4 aromatic rings. The molecule has 3 saturated heterocycles. The Morgan fingerprint density at radius 3 is 1.19 bits per heavy atom.